The third-order valence-corrected chi connectivity index (χ3v) is 7.05. The molecule has 4 rings (SSSR count). The van der Waals surface area contributed by atoms with E-state index in [1.54, 1.807) is 24.2 Å². The van der Waals surface area contributed by atoms with Crippen LogP contribution in [0.2, 0.25) is 0 Å². The number of hydrogen-bond acceptors (Lipinski definition) is 5. The summed E-state index contributed by atoms with van der Waals surface area (Å²) in [5.74, 6) is 0.117. The van der Waals surface area contributed by atoms with Gasteiger partial charge < -0.3 is 14.4 Å². The third-order valence-electron chi connectivity index (χ3n) is 7.05. The molecular weight excluding hydrogens is 531 g/mol. The van der Waals surface area contributed by atoms with Crippen LogP contribution in [0.4, 0.5) is 9.18 Å². The second-order valence-corrected chi connectivity index (χ2v) is 13.1. The normalized spacial score (nSPS) is 12.0. The lowest BCUT2D eigenvalue weighted by Gasteiger charge is -2.25. The van der Waals surface area contributed by atoms with Crippen molar-refractivity contribution < 1.29 is 18.7 Å². The number of fused-ring (bicyclic) bond motifs is 1. The first kappa shape index (κ1) is 31.0. The number of aromatic nitrogens is 3. The van der Waals surface area contributed by atoms with Crippen LogP contribution in [0.3, 0.4) is 0 Å². The van der Waals surface area contributed by atoms with Crippen LogP contribution in [-0.2, 0) is 31.2 Å². The van der Waals surface area contributed by atoms with E-state index >= 15 is 0 Å². The van der Waals surface area contributed by atoms with E-state index in [0.29, 0.717) is 25.3 Å². The summed E-state index contributed by atoms with van der Waals surface area (Å²) in [6.07, 6.45) is 2.88. The van der Waals surface area contributed by atoms with Gasteiger partial charge in [-0.1, -0.05) is 26.8 Å². The van der Waals surface area contributed by atoms with Gasteiger partial charge in [0, 0.05) is 56.0 Å². The van der Waals surface area contributed by atoms with Crippen LogP contribution < -0.4 is 4.74 Å². The molecule has 0 aliphatic rings. The summed E-state index contributed by atoms with van der Waals surface area (Å²) in [4.78, 5) is 18.7. The van der Waals surface area contributed by atoms with E-state index in [2.05, 4.69) is 32.7 Å². The average Bonchev–Trinajstić information content (AvgIpc) is 3.13. The number of benzene rings is 2. The molecule has 0 saturated carbocycles. The van der Waals surface area contributed by atoms with E-state index < -0.39 is 11.7 Å². The molecule has 0 N–H and O–H groups in total. The van der Waals surface area contributed by atoms with Crippen molar-refractivity contribution in [2.45, 2.75) is 73.5 Å². The predicted octanol–water partition coefficient (Wildman–Crippen LogP) is 7.66. The Morgan fingerprint density at radius 3 is 2.48 bits per heavy atom. The van der Waals surface area contributed by atoms with Gasteiger partial charge in [-0.2, -0.15) is 5.10 Å². The summed E-state index contributed by atoms with van der Waals surface area (Å²) in [7, 11) is 3.68. The number of ether oxygens (including phenoxy) is 2. The minimum absolute atomic E-state index is 0.109. The highest BCUT2D eigenvalue weighted by Crippen LogP contribution is 2.34. The molecule has 0 saturated heterocycles. The molecule has 0 fully saturated rings. The maximum Gasteiger partial charge on any atom is 0.410 e. The molecule has 224 valence electrons. The maximum absolute atomic E-state index is 14.4. The molecule has 0 atom stereocenters. The van der Waals surface area contributed by atoms with E-state index in [1.807, 2.05) is 56.8 Å². The smallest absolute Gasteiger partial charge is 0.410 e. The zero-order chi connectivity index (χ0) is 30.8. The molecule has 0 spiro atoms. The highest BCUT2D eigenvalue weighted by Gasteiger charge is 2.22. The summed E-state index contributed by atoms with van der Waals surface area (Å²) < 4.78 is 28.1. The zero-order valence-electron chi connectivity index (χ0n) is 26.3. The predicted molar refractivity (Wildman–Crippen MR) is 165 cm³/mol. The summed E-state index contributed by atoms with van der Waals surface area (Å²) >= 11 is 0. The molecule has 2 aromatic heterocycles. The van der Waals surface area contributed by atoms with Crippen molar-refractivity contribution in [1.29, 1.82) is 0 Å². The second-order valence-electron chi connectivity index (χ2n) is 13.1. The lowest BCUT2D eigenvalue weighted by atomic mass is 9.88. The number of carbonyl (C=O) groups excluding carboxylic acids is 1. The maximum atomic E-state index is 14.4. The highest BCUT2D eigenvalue weighted by molar-refractivity contribution is 5.88. The van der Waals surface area contributed by atoms with Crippen molar-refractivity contribution in [1.82, 2.24) is 19.7 Å². The molecule has 2 aromatic carbocycles. The van der Waals surface area contributed by atoms with Gasteiger partial charge >= 0.3 is 6.09 Å². The lowest BCUT2D eigenvalue weighted by Crippen LogP contribution is -2.33. The molecule has 1 amide bonds. The second kappa shape index (κ2) is 12.1. The average molecular weight is 575 g/mol. The van der Waals surface area contributed by atoms with Crippen molar-refractivity contribution in [3.05, 3.63) is 77.0 Å². The van der Waals surface area contributed by atoms with Gasteiger partial charge in [-0.05, 0) is 86.6 Å². The molecule has 0 radical (unpaired) electrons. The van der Waals surface area contributed by atoms with E-state index in [4.69, 9.17) is 14.6 Å². The molecule has 8 heteroatoms. The fourth-order valence-corrected chi connectivity index (χ4v) is 4.98. The van der Waals surface area contributed by atoms with Gasteiger partial charge in [-0.15, -0.1) is 0 Å². The first-order chi connectivity index (χ1) is 19.6. The third kappa shape index (κ3) is 7.66. The monoisotopic (exact) mass is 574 g/mol. The Morgan fingerprint density at radius 1 is 1.05 bits per heavy atom. The molecule has 0 bridgehead atoms. The topological polar surface area (TPSA) is 69.5 Å². The number of nitrogens with zero attached hydrogens (tertiary/aromatic N) is 4. The van der Waals surface area contributed by atoms with Gasteiger partial charge in [0.2, 0.25) is 0 Å². The Bertz CT molecular complexity index is 1580. The van der Waals surface area contributed by atoms with Crippen molar-refractivity contribution in [2.75, 3.05) is 13.7 Å². The van der Waals surface area contributed by atoms with Gasteiger partial charge in [-0.25, -0.2) is 9.18 Å². The first-order valence-corrected chi connectivity index (χ1v) is 14.4. The molecule has 42 heavy (non-hydrogen) atoms. The van der Waals surface area contributed by atoms with Gasteiger partial charge in [0.1, 0.15) is 17.2 Å². The Labute approximate surface area is 248 Å². The quantitative estimate of drug-likeness (QED) is 0.216. The Hall–Kier alpha value is -3.94. The summed E-state index contributed by atoms with van der Waals surface area (Å²) in [6, 6.07) is 12.4. The van der Waals surface area contributed by atoms with E-state index in [9.17, 15) is 9.18 Å². The van der Waals surface area contributed by atoms with Crippen molar-refractivity contribution >= 4 is 17.0 Å². The summed E-state index contributed by atoms with van der Waals surface area (Å²) in [5.41, 5.74) is 6.29. The van der Waals surface area contributed by atoms with Crippen molar-refractivity contribution in [3.63, 3.8) is 0 Å². The van der Waals surface area contributed by atoms with Crippen LogP contribution in [-0.4, -0.2) is 45.0 Å². The number of rotatable bonds is 8. The molecule has 4 aromatic rings. The fraction of sp³-hybridized carbons (Fsp3) is 0.441. The molecule has 0 unspecified atom stereocenters. The van der Waals surface area contributed by atoms with E-state index in [0.717, 1.165) is 45.4 Å². The Balaban J connectivity index is 1.60. The number of carbonyl (C=O) groups is 1. The lowest BCUT2D eigenvalue weighted by molar-refractivity contribution is 0.0285. The molecular formula is C34H43FN4O3. The highest BCUT2D eigenvalue weighted by atomic mass is 19.1. The number of pyridine rings is 1. The van der Waals surface area contributed by atoms with Gasteiger partial charge in [-0.3, -0.25) is 9.67 Å². The number of hydrogen-bond donors (Lipinski definition) is 0. The Morgan fingerprint density at radius 2 is 1.79 bits per heavy atom. The molecule has 0 aliphatic carbocycles. The minimum atomic E-state index is -0.582. The van der Waals surface area contributed by atoms with Crippen LogP contribution in [0, 0.1) is 18.2 Å². The van der Waals surface area contributed by atoms with Crippen molar-refractivity contribution in [3.8, 4) is 16.9 Å². The van der Waals surface area contributed by atoms with Gasteiger partial charge in [0.25, 0.3) is 0 Å². The molecule has 7 nitrogen and oxygen atoms in total. The van der Waals surface area contributed by atoms with Crippen LogP contribution in [0.15, 0.2) is 48.7 Å². The van der Waals surface area contributed by atoms with E-state index in [-0.39, 0.29) is 11.2 Å². The SMILES string of the molecule is Cc1c(CCOc2cc(F)ccc2-c2ccc3nccc(CN(C)C(=O)OC(C)(C)C)c3c2)c(CC(C)(C)C)nn1C. The summed E-state index contributed by atoms with van der Waals surface area (Å²) in [5, 5.41) is 5.65. The summed E-state index contributed by atoms with van der Waals surface area (Å²) in [6.45, 7) is 15.0. The van der Waals surface area contributed by atoms with Crippen LogP contribution in [0.1, 0.15) is 64.1 Å². The minimum Gasteiger partial charge on any atom is -0.492 e. The number of halogens is 1. The zero-order valence-corrected chi connectivity index (χ0v) is 26.3. The molecule has 0 aliphatic heterocycles. The molecule has 2 heterocycles. The first-order valence-electron chi connectivity index (χ1n) is 14.4. The number of amides is 1. The largest absolute Gasteiger partial charge is 0.492 e. The van der Waals surface area contributed by atoms with E-state index in [1.165, 1.54) is 17.7 Å². The standard InChI is InChI=1S/C34H43FN4O3/c1-22-26(30(37-39(22)9)20-33(2,3)4)15-17-41-31-19-25(35)11-12-27(31)23-10-13-29-28(18-23)24(14-16-36-29)21-38(8)32(40)42-34(5,6)7/h10-14,16,18-19H,15,17,20-21H2,1-9H3. The Kier molecular flexibility index (Phi) is 8.95. The van der Waals surface area contributed by atoms with Crippen molar-refractivity contribution in [2.24, 2.45) is 12.5 Å². The number of aryl methyl sites for hydroxylation is 1. The van der Waals surface area contributed by atoms with Gasteiger partial charge in [0.15, 0.2) is 0 Å². The van der Waals surface area contributed by atoms with Crippen LogP contribution in [0.5, 0.6) is 5.75 Å². The van der Waals surface area contributed by atoms with Gasteiger partial charge in [0.05, 0.1) is 17.8 Å². The van der Waals surface area contributed by atoms with Crippen LogP contribution >= 0.6 is 0 Å². The fourth-order valence-electron chi connectivity index (χ4n) is 4.98. The van der Waals surface area contributed by atoms with Crippen LogP contribution in [0.25, 0.3) is 22.0 Å².